The van der Waals surface area contributed by atoms with E-state index in [-0.39, 0.29) is 11.3 Å². The van der Waals surface area contributed by atoms with Crippen LogP contribution in [0.5, 0.6) is 11.5 Å². The maximum Gasteiger partial charge on any atom is 0.242 e. The summed E-state index contributed by atoms with van der Waals surface area (Å²) >= 11 is 5.20. The van der Waals surface area contributed by atoms with Crippen molar-refractivity contribution < 1.29 is 17.9 Å². The number of aromatic nitrogens is 3. The number of hydrogen-bond donors (Lipinski definition) is 1. The number of sulfonamides is 1. The normalized spacial score (nSPS) is 11.8. The van der Waals surface area contributed by atoms with Gasteiger partial charge in [-0.15, -0.1) is 0 Å². The number of nitrogens with one attached hydrogen (secondary N) is 1. The first-order valence-corrected chi connectivity index (χ1v) is 9.42. The predicted molar refractivity (Wildman–Crippen MR) is 96.3 cm³/mol. The largest absolute Gasteiger partial charge is 0.493 e. The third-order valence-corrected chi connectivity index (χ3v) is 6.04. The lowest BCUT2D eigenvalue weighted by molar-refractivity contribution is 0.353. The molecule has 0 amide bonds. The van der Waals surface area contributed by atoms with Crippen LogP contribution in [0.3, 0.4) is 0 Å². The summed E-state index contributed by atoms with van der Waals surface area (Å²) < 4.78 is 39.5. The molecule has 1 heterocycles. The van der Waals surface area contributed by atoms with Gasteiger partial charge in [0, 0.05) is 33.1 Å². The lowest BCUT2D eigenvalue weighted by Gasteiger charge is -2.18. The van der Waals surface area contributed by atoms with E-state index < -0.39 is 10.0 Å². The molecule has 0 fully saturated rings. The standard InChI is InChI=1S/C15H22N4O4S2/c1-6-19-14(16-17-15(19)24)8-10-7-11(22-4)12(23-5)9-13(10)25(20,21)18(2)3/h7,9H,6,8H2,1-5H3,(H,17,24). The molecule has 0 aliphatic heterocycles. The van der Waals surface area contributed by atoms with Crippen LogP contribution in [0.15, 0.2) is 17.0 Å². The molecule has 0 bridgehead atoms. The van der Waals surface area contributed by atoms with Crippen molar-refractivity contribution >= 4 is 22.2 Å². The number of aromatic amines is 1. The Kier molecular flexibility index (Phi) is 5.86. The van der Waals surface area contributed by atoms with Gasteiger partial charge in [0.1, 0.15) is 5.82 Å². The molecule has 0 radical (unpaired) electrons. The Morgan fingerprint density at radius 1 is 1.24 bits per heavy atom. The van der Waals surface area contributed by atoms with Gasteiger partial charge in [-0.25, -0.2) is 12.7 Å². The summed E-state index contributed by atoms with van der Waals surface area (Å²) in [6.45, 7) is 2.58. The topological polar surface area (TPSA) is 89.4 Å². The zero-order valence-corrected chi connectivity index (χ0v) is 16.5. The number of hydrogen-bond acceptors (Lipinski definition) is 6. The molecule has 25 heavy (non-hydrogen) atoms. The van der Waals surface area contributed by atoms with Crippen molar-refractivity contribution in [2.75, 3.05) is 28.3 Å². The SMILES string of the molecule is CCn1c(Cc2cc(OC)c(OC)cc2S(=O)(=O)N(C)C)n[nH]c1=S. The molecule has 1 N–H and O–H groups in total. The van der Waals surface area contributed by atoms with Crippen molar-refractivity contribution in [2.45, 2.75) is 24.8 Å². The van der Waals surface area contributed by atoms with E-state index in [1.807, 2.05) is 11.5 Å². The minimum absolute atomic E-state index is 0.145. The average molecular weight is 386 g/mol. The van der Waals surface area contributed by atoms with Crippen molar-refractivity contribution in [2.24, 2.45) is 0 Å². The molecule has 1 aromatic heterocycles. The molecule has 138 valence electrons. The minimum atomic E-state index is -3.67. The highest BCUT2D eigenvalue weighted by Gasteiger charge is 2.25. The van der Waals surface area contributed by atoms with Crippen LogP contribution in [0.1, 0.15) is 18.3 Å². The van der Waals surface area contributed by atoms with Gasteiger partial charge in [-0.1, -0.05) is 0 Å². The van der Waals surface area contributed by atoms with E-state index in [4.69, 9.17) is 21.7 Å². The van der Waals surface area contributed by atoms with Gasteiger partial charge in [-0.05, 0) is 30.8 Å². The lowest BCUT2D eigenvalue weighted by atomic mass is 10.1. The summed E-state index contributed by atoms with van der Waals surface area (Å²) in [7, 11) is 2.26. The fourth-order valence-corrected chi connectivity index (χ4v) is 3.85. The van der Waals surface area contributed by atoms with Gasteiger partial charge in [0.25, 0.3) is 0 Å². The molecule has 2 aromatic rings. The Bertz CT molecular complexity index is 916. The van der Waals surface area contributed by atoms with Crippen LogP contribution in [0.4, 0.5) is 0 Å². The Hall–Kier alpha value is -1.91. The summed E-state index contributed by atoms with van der Waals surface area (Å²) in [4.78, 5) is 0.145. The predicted octanol–water partition coefficient (Wildman–Crippen LogP) is 1.82. The highest BCUT2D eigenvalue weighted by molar-refractivity contribution is 7.89. The maximum atomic E-state index is 12.7. The summed E-state index contributed by atoms with van der Waals surface area (Å²) in [6, 6.07) is 3.13. The Morgan fingerprint density at radius 3 is 2.36 bits per heavy atom. The number of benzene rings is 1. The van der Waals surface area contributed by atoms with E-state index in [2.05, 4.69) is 10.2 Å². The molecule has 0 aliphatic carbocycles. The first kappa shape index (κ1) is 19.4. The van der Waals surface area contributed by atoms with Crippen LogP contribution in [0, 0.1) is 4.77 Å². The zero-order valence-electron chi connectivity index (χ0n) is 14.9. The number of nitrogens with zero attached hydrogens (tertiary/aromatic N) is 3. The van der Waals surface area contributed by atoms with Crippen LogP contribution in [-0.4, -0.2) is 55.8 Å². The molecular formula is C15H22N4O4S2. The third-order valence-electron chi connectivity index (χ3n) is 3.83. The van der Waals surface area contributed by atoms with Gasteiger partial charge in [-0.3, -0.25) is 5.10 Å². The van der Waals surface area contributed by atoms with E-state index in [1.54, 1.807) is 6.07 Å². The van der Waals surface area contributed by atoms with Gasteiger partial charge >= 0.3 is 0 Å². The van der Waals surface area contributed by atoms with E-state index in [0.717, 1.165) is 4.31 Å². The molecular weight excluding hydrogens is 364 g/mol. The quantitative estimate of drug-likeness (QED) is 0.730. The maximum absolute atomic E-state index is 12.7. The van der Waals surface area contributed by atoms with E-state index in [0.29, 0.717) is 34.2 Å². The van der Waals surface area contributed by atoms with Crippen LogP contribution in [0.25, 0.3) is 0 Å². The van der Waals surface area contributed by atoms with Gasteiger partial charge in [0.05, 0.1) is 19.1 Å². The molecule has 10 heteroatoms. The first-order chi connectivity index (χ1) is 11.8. The minimum Gasteiger partial charge on any atom is -0.493 e. The smallest absolute Gasteiger partial charge is 0.242 e. The van der Waals surface area contributed by atoms with Crippen molar-refractivity contribution in [3.63, 3.8) is 0 Å². The van der Waals surface area contributed by atoms with Crippen molar-refractivity contribution in [1.82, 2.24) is 19.1 Å². The van der Waals surface area contributed by atoms with Crippen molar-refractivity contribution in [3.05, 3.63) is 28.3 Å². The molecule has 0 spiro atoms. The number of rotatable bonds is 7. The third kappa shape index (κ3) is 3.70. The Balaban J connectivity index is 2.68. The fourth-order valence-electron chi connectivity index (χ4n) is 2.46. The molecule has 0 aliphatic rings. The van der Waals surface area contributed by atoms with Crippen LogP contribution in [0.2, 0.25) is 0 Å². The second kappa shape index (κ2) is 7.54. The second-order valence-corrected chi connectivity index (χ2v) is 7.98. The van der Waals surface area contributed by atoms with Gasteiger partial charge in [0.15, 0.2) is 16.3 Å². The molecule has 2 rings (SSSR count). The molecule has 0 saturated heterocycles. The van der Waals surface area contributed by atoms with Crippen LogP contribution in [-0.2, 0) is 23.0 Å². The molecule has 0 atom stereocenters. The van der Waals surface area contributed by atoms with E-state index in [9.17, 15) is 8.42 Å². The van der Waals surface area contributed by atoms with Gasteiger partial charge in [-0.2, -0.15) is 5.10 Å². The molecule has 0 saturated carbocycles. The summed E-state index contributed by atoms with van der Waals surface area (Å²) in [5.41, 5.74) is 0.551. The average Bonchev–Trinajstić information content (AvgIpc) is 2.93. The summed E-state index contributed by atoms with van der Waals surface area (Å²) in [5, 5.41) is 6.95. The summed E-state index contributed by atoms with van der Waals surface area (Å²) in [5.74, 6) is 1.45. The Morgan fingerprint density at radius 2 is 1.84 bits per heavy atom. The summed E-state index contributed by atoms with van der Waals surface area (Å²) in [6.07, 6.45) is 0.281. The van der Waals surface area contributed by atoms with Gasteiger partial charge < -0.3 is 14.0 Å². The monoisotopic (exact) mass is 386 g/mol. The number of methoxy groups -OCH3 is 2. The second-order valence-electron chi connectivity index (χ2n) is 5.47. The Labute approximate surface area is 152 Å². The molecule has 0 unspecified atom stereocenters. The molecule has 8 nitrogen and oxygen atoms in total. The van der Waals surface area contributed by atoms with E-state index >= 15 is 0 Å². The van der Waals surface area contributed by atoms with Crippen LogP contribution < -0.4 is 9.47 Å². The molecule has 1 aromatic carbocycles. The lowest BCUT2D eigenvalue weighted by Crippen LogP contribution is -2.24. The number of H-pyrrole nitrogens is 1. The van der Waals surface area contributed by atoms with Crippen LogP contribution >= 0.6 is 12.2 Å². The van der Waals surface area contributed by atoms with Crippen molar-refractivity contribution in [3.8, 4) is 11.5 Å². The fraction of sp³-hybridized carbons (Fsp3) is 0.467. The van der Waals surface area contributed by atoms with Crippen molar-refractivity contribution in [1.29, 1.82) is 0 Å². The van der Waals surface area contributed by atoms with E-state index in [1.165, 1.54) is 34.4 Å². The highest BCUT2D eigenvalue weighted by atomic mass is 32.2. The highest BCUT2D eigenvalue weighted by Crippen LogP contribution is 2.34. The first-order valence-electron chi connectivity index (χ1n) is 7.57. The number of ether oxygens (including phenoxy) is 2. The zero-order chi connectivity index (χ0) is 18.8. The van der Waals surface area contributed by atoms with Gasteiger partial charge in [0.2, 0.25) is 10.0 Å².